The van der Waals surface area contributed by atoms with Gasteiger partial charge in [-0.25, -0.2) is 19.0 Å². The van der Waals surface area contributed by atoms with E-state index in [1.807, 2.05) is 6.92 Å². The Balaban J connectivity index is 1.66. The monoisotopic (exact) mass is 606 g/mol. The van der Waals surface area contributed by atoms with Gasteiger partial charge in [0.25, 0.3) is 5.91 Å². The molecule has 3 aliphatic heterocycles. The van der Waals surface area contributed by atoms with Crippen molar-refractivity contribution in [3.05, 3.63) is 34.6 Å². The number of piperazine rings is 1. The number of β-amino-alcohol motifs (C(OH)–C–C–N with tert-alkyl or cyclic N) is 1. The van der Waals surface area contributed by atoms with Crippen LogP contribution in [-0.4, -0.2) is 99.7 Å². The Hall–Kier alpha value is -3.84. The maximum Gasteiger partial charge on any atom is 0.514 e. The fourth-order valence-corrected chi connectivity index (χ4v) is 5.76. The van der Waals surface area contributed by atoms with E-state index in [2.05, 4.69) is 4.98 Å². The van der Waals surface area contributed by atoms with Crippen molar-refractivity contribution in [1.82, 2.24) is 14.8 Å². The molecule has 0 bridgehead atoms. The predicted molar refractivity (Wildman–Crippen MR) is 149 cm³/mol. The molecule has 2 saturated heterocycles. The number of amides is 2. The first-order chi connectivity index (χ1) is 19.7. The highest BCUT2D eigenvalue weighted by molar-refractivity contribution is 6.35. The first-order valence-electron chi connectivity index (χ1n) is 13.5. The largest absolute Gasteiger partial charge is 0.514 e. The second kappa shape index (κ2) is 11.1. The number of fused-ring (bicyclic) bond motifs is 2. The summed E-state index contributed by atoms with van der Waals surface area (Å²) in [5.74, 6) is -1.43. The molecule has 0 aliphatic carbocycles. The summed E-state index contributed by atoms with van der Waals surface area (Å²) < 4.78 is 32.3. The van der Waals surface area contributed by atoms with Crippen LogP contribution in [0, 0.1) is 5.82 Å². The highest BCUT2D eigenvalue weighted by Gasteiger charge is 2.43. The molecular weight excluding hydrogens is 575 g/mol. The summed E-state index contributed by atoms with van der Waals surface area (Å²) in [7, 11) is 0. The Kier molecular flexibility index (Phi) is 7.84. The van der Waals surface area contributed by atoms with Gasteiger partial charge < -0.3 is 39.1 Å². The number of carbonyl (C=O) groups is 3. The third-order valence-corrected chi connectivity index (χ3v) is 7.69. The normalized spacial score (nSPS) is 22.2. The lowest BCUT2D eigenvalue weighted by molar-refractivity contribution is 0.0206. The lowest BCUT2D eigenvalue weighted by Crippen LogP contribution is -2.57. The average molecular weight is 607 g/mol. The maximum atomic E-state index is 15.5. The number of pyridine rings is 1. The molecule has 2 aromatic rings. The molecular formula is C28H32ClFN4O8. The van der Waals surface area contributed by atoms with Crippen LogP contribution in [0.2, 0.25) is 5.02 Å². The molecule has 14 heteroatoms. The Morgan fingerprint density at radius 2 is 1.90 bits per heavy atom. The first kappa shape index (κ1) is 29.6. The molecule has 4 heterocycles. The summed E-state index contributed by atoms with van der Waals surface area (Å²) in [5, 5.41) is 19.7. The van der Waals surface area contributed by atoms with Crippen molar-refractivity contribution >= 4 is 35.6 Å². The number of rotatable bonds is 3. The number of aliphatic hydroxyl groups is 1. The van der Waals surface area contributed by atoms with Crippen LogP contribution in [0.15, 0.2) is 18.2 Å². The molecule has 12 nitrogen and oxygen atoms in total. The smallest absolute Gasteiger partial charge is 0.489 e. The van der Waals surface area contributed by atoms with Gasteiger partial charge in [0.05, 0.1) is 17.7 Å². The number of hydrogen-bond acceptors (Lipinski definition) is 9. The minimum atomic E-state index is -1.11. The van der Waals surface area contributed by atoms with Crippen molar-refractivity contribution in [2.45, 2.75) is 57.9 Å². The SMILES string of the molecule is C[C@H]1C[C@@H](O)CN1c1nc(-c2c(F)cccc2OC(=O)OC(C)(C)C)c(Cl)c2c1C(=O)N1CCN(C(=O)O)C[C@@H]1CO2. The molecule has 3 atom stereocenters. The molecule has 2 amide bonds. The summed E-state index contributed by atoms with van der Waals surface area (Å²) in [5.41, 5.74) is -1.24. The third kappa shape index (κ3) is 5.62. The van der Waals surface area contributed by atoms with Gasteiger partial charge in [-0.2, -0.15) is 0 Å². The molecule has 1 aromatic heterocycles. The summed E-state index contributed by atoms with van der Waals surface area (Å²) in [6, 6.07) is 3.00. The molecule has 0 radical (unpaired) electrons. The summed E-state index contributed by atoms with van der Waals surface area (Å²) in [4.78, 5) is 47.4. The van der Waals surface area contributed by atoms with E-state index in [9.17, 15) is 24.6 Å². The maximum absolute atomic E-state index is 15.5. The summed E-state index contributed by atoms with van der Waals surface area (Å²) in [6.07, 6.45) is -2.48. The fourth-order valence-electron chi connectivity index (χ4n) is 5.47. The number of anilines is 1. The van der Waals surface area contributed by atoms with Crippen LogP contribution >= 0.6 is 11.6 Å². The van der Waals surface area contributed by atoms with Crippen molar-refractivity contribution in [2.75, 3.05) is 37.7 Å². The van der Waals surface area contributed by atoms with Crippen LogP contribution in [0.25, 0.3) is 11.3 Å². The van der Waals surface area contributed by atoms with Gasteiger partial charge in [0.2, 0.25) is 0 Å². The van der Waals surface area contributed by atoms with E-state index in [0.29, 0.717) is 6.42 Å². The lowest BCUT2D eigenvalue weighted by Gasteiger charge is -2.38. The quantitative estimate of drug-likeness (QED) is 0.389. The highest BCUT2D eigenvalue weighted by atomic mass is 35.5. The van der Waals surface area contributed by atoms with E-state index in [-0.39, 0.29) is 78.0 Å². The van der Waals surface area contributed by atoms with Gasteiger partial charge in [0, 0.05) is 32.2 Å². The summed E-state index contributed by atoms with van der Waals surface area (Å²) >= 11 is 6.84. The fraction of sp³-hybridized carbons (Fsp3) is 0.500. The van der Waals surface area contributed by atoms with Crippen molar-refractivity contribution < 1.29 is 43.2 Å². The van der Waals surface area contributed by atoms with Gasteiger partial charge in [-0.05, 0) is 46.2 Å². The van der Waals surface area contributed by atoms with E-state index < -0.39 is 41.7 Å². The Morgan fingerprint density at radius 3 is 2.55 bits per heavy atom. The van der Waals surface area contributed by atoms with Crippen molar-refractivity contribution in [3.63, 3.8) is 0 Å². The lowest BCUT2D eigenvalue weighted by atomic mass is 10.0. The summed E-state index contributed by atoms with van der Waals surface area (Å²) in [6.45, 7) is 7.14. The Morgan fingerprint density at radius 1 is 1.17 bits per heavy atom. The molecule has 2 fully saturated rings. The number of ether oxygens (including phenoxy) is 3. The number of nitrogens with zero attached hydrogens (tertiary/aromatic N) is 4. The molecule has 3 aliphatic rings. The zero-order chi connectivity index (χ0) is 30.5. The Labute approximate surface area is 246 Å². The molecule has 226 valence electrons. The van der Waals surface area contributed by atoms with Gasteiger partial charge in [0.15, 0.2) is 5.75 Å². The van der Waals surface area contributed by atoms with Crippen LogP contribution in [0.1, 0.15) is 44.5 Å². The van der Waals surface area contributed by atoms with Crippen LogP contribution in [0.3, 0.4) is 0 Å². The molecule has 1 aromatic carbocycles. The molecule has 2 N–H and O–H groups in total. The second-order valence-electron chi connectivity index (χ2n) is 11.6. The van der Waals surface area contributed by atoms with Crippen molar-refractivity contribution in [2.24, 2.45) is 0 Å². The molecule has 5 rings (SSSR count). The zero-order valence-electron chi connectivity index (χ0n) is 23.6. The second-order valence-corrected chi connectivity index (χ2v) is 11.9. The number of hydrogen-bond donors (Lipinski definition) is 2. The number of benzene rings is 1. The third-order valence-electron chi connectivity index (χ3n) is 7.34. The highest BCUT2D eigenvalue weighted by Crippen LogP contribution is 2.47. The van der Waals surface area contributed by atoms with Gasteiger partial charge in [0.1, 0.15) is 45.9 Å². The van der Waals surface area contributed by atoms with Crippen molar-refractivity contribution in [3.8, 4) is 22.8 Å². The minimum absolute atomic E-state index is 0.0296. The molecule has 0 unspecified atom stereocenters. The molecule has 42 heavy (non-hydrogen) atoms. The van der Waals surface area contributed by atoms with E-state index in [0.717, 1.165) is 6.07 Å². The van der Waals surface area contributed by atoms with E-state index in [4.69, 9.17) is 25.8 Å². The standard InChI is InChI=1S/C28H32ClFN4O8/c1-14-10-16(35)12-34(14)24-20-23(40-13-15-11-32(26(37)38)8-9-33(15)25(20)36)21(29)22(31-24)19-17(30)6-5-7-18(19)41-27(39)42-28(2,3)4/h5-7,14-16,35H,8-13H2,1-4H3,(H,37,38)/t14-,15+,16+/m0/s1. The van der Waals surface area contributed by atoms with Crippen LogP contribution in [0.4, 0.5) is 19.8 Å². The molecule has 0 spiro atoms. The van der Waals surface area contributed by atoms with Crippen LogP contribution in [-0.2, 0) is 4.74 Å². The van der Waals surface area contributed by atoms with Gasteiger partial charge in [-0.15, -0.1) is 0 Å². The van der Waals surface area contributed by atoms with E-state index >= 15 is 4.39 Å². The zero-order valence-corrected chi connectivity index (χ0v) is 24.4. The van der Waals surface area contributed by atoms with Gasteiger partial charge in [-0.3, -0.25) is 4.79 Å². The number of aliphatic hydroxyl groups excluding tert-OH is 1. The average Bonchev–Trinajstić information content (AvgIpc) is 3.15. The number of carbonyl (C=O) groups excluding carboxylic acids is 2. The molecule has 0 saturated carbocycles. The number of carboxylic acid groups (broad SMARTS) is 1. The number of halogens is 2. The van der Waals surface area contributed by atoms with E-state index in [1.54, 1.807) is 25.7 Å². The van der Waals surface area contributed by atoms with Gasteiger partial charge >= 0.3 is 12.2 Å². The first-order valence-corrected chi connectivity index (χ1v) is 13.9. The van der Waals surface area contributed by atoms with Crippen LogP contribution < -0.4 is 14.4 Å². The van der Waals surface area contributed by atoms with E-state index in [1.165, 1.54) is 21.9 Å². The van der Waals surface area contributed by atoms with Crippen molar-refractivity contribution in [1.29, 1.82) is 0 Å². The minimum Gasteiger partial charge on any atom is -0.489 e. The predicted octanol–water partition coefficient (Wildman–Crippen LogP) is 4.01. The topological polar surface area (TPSA) is 142 Å². The number of aromatic nitrogens is 1. The van der Waals surface area contributed by atoms with Gasteiger partial charge in [-0.1, -0.05) is 17.7 Å². The Bertz CT molecular complexity index is 1430. The van der Waals surface area contributed by atoms with Crippen LogP contribution in [0.5, 0.6) is 11.5 Å².